The highest BCUT2D eigenvalue weighted by Crippen LogP contribution is 2.27. The van der Waals surface area contributed by atoms with E-state index < -0.39 is 0 Å². The number of halogens is 1. The van der Waals surface area contributed by atoms with Gasteiger partial charge in [0.05, 0.1) is 11.4 Å². The van der Waals surface area contributed by atoms with E-state index in [0.29, 0.717) is 6.54 Å². The molecule has 2 aliphatic carbocycles. The summed E-state index contributed by atoms with van der Waals surface area (Å²) in [4.78, 5) is 14.5. The summed E-state index contributed by atoms with van der Waals surface area (Å²) in [6.07, 6.45) is 6.16. The summed E-state index contributed by atoms with van der Waals surface area (Å²) in [5.41, 5.74) is 6.30. The third-order valence-corrected chi connectivity index (χ3v) is 5.79. The first-order valence-electron chi connectivity index (χ1n) is 8.99. The minimum absolute atomic E-state index is 0.000458. The molecule has 4 rings (SSSR count). The molecule has 132 valence electrons. The normalized spacial score (nSPS) is 18.7. The molecule has 1 aromatic carbocycles. The van der Waals surface area contributed by atoms with Crippen LogP contribution in [0.3, 0.4) is 0 Å². The zero-order chi connectivity index (χ0) is 17.4. The summed E-state index contributed by atoms with van der Waals surface area (Å²) in [6, 6.07) is 6.80. The van der Waals surface area contributed by atoms with Crippen LogP contribution in [0, 0.1) is 0 Å². The Morgan fingerprint density at radius 2 is 2.16 bits per heavy atom. The maximum Gasteiger partial charge on any atom is 0.238 e. The predicted octanol–water partition coefficient (Wildman–Crippen LogP) is 2.43. The number of carbonyl (C=O) groups excluding carboxylic acids is 1. The number of aromatic nitrogens is 3. The maximum absolute atomic E-state index is 12.5. The van der Waals surface area contributed by atoms with E-state index >= 15 is 0 Å². The van der Waals surface area contributed by atoms with Gasteiger partial charge in [-0.15, -0.1) is 16.7 Å². The van der Waals surface area contributed by atoms with Crippen molar-refractivity contribution in [2.45, 2.75) is 51.1 Å². The second-order valence-electron chi connectivity index (χ2n) is 7.11. The molecule has 25 heavy (non-hydrogen) atoms. The molecule has 1 unspecified atom stereocenters. The van der Waals surface area contributed by atoms with Crippen LogP contribution >= 0.6 is 11.6 Å². The van der Waals surface area contributed by atoms with Crippen LogP contribution in [0.15, 0.2) is 18.2 Å². The number of hydrogen-bond donors (Lipinski definition) is 0. The molecule has 0 N–H and O–H groups in total. The quantitative estimate of drug-likeness (QED) is 0.789. The number of rotatable bonds is 4. The first-order chi connectivity index (χ1) is 12.2. The molecule has 5 nitrogen and oxygen atoms in total. The van der Waals surface area contributed by atoms with Gasteiger partial charge in [0.2, 0.25) is 5.91 Å². The fraction of sp³-hybridized carbons (Fsp3) is 0.526. The van der Waals surface area contributed by atoms with E-state index in [1.165, 1.54) is 35.2 Å². The number of alkyl halides is 1. The second-order valence-corrected chi connectivity index (χ2v) is 7.38. The Labute approximate surface area is 153 Å². The van der Waals surface area contributed by atoms with Gasteiger partial charge in [-0.05, 0) is 48.8 Å². The minimum Gasteiger partial charge on any atom is -0.334 e. The van der Waals surface area contributed by atoms with Crippen LogP contribution in [0.25, 0.3) is 0 Å². The SMILES string of the molecule is Cn1nnc2c1CCC(N(Cc1ccc3c(c1)CCC3)C(=O)CCl)C2. The van der Waals surface area contributed by atoms with Crippen LogP contribution in [0.2, 0.25) is 0 Å². The molecule has 0 spiro atoms. The Bertz CT molecular complexity index is 801. The molecular formula is C19H23ClN4O. The van der Waals surface area contributed by atoms with E-state index in [1.807, 2.05) is 16.6 Å². The van der Waals surface area contributed by atoms with Crippen molar-refractivity contribution in [3.63, 3.8) is 0 Å². The van der Waals surface area contributed by atoms with Gasteiger partial charge in [0.15, 0.2) is 0 Å². The van der Waals surface area contributed by atoms with E-state index in [0.717, 1.165) is 31.4 Å². The third-order valence-electron chi connectivity index (χ3n) is 5.56. The van der Waals surface area contributed by atoms with Crippen LogP contribution in [0.1, 0.15) is 40.9 Å². The Balaban J connectivity index is 1.56. The highest BCUT2D eigenvalue weighted by atomic mass is 35.5. The van der Waals surface area contributed by atoms with Crippen LogP contribution in [-0.4, -0.2) is 37.7 Å². The summed E-state index contributed by atoms with van der Waals surface area (Å²) in [5.74, 6) is 0.0221. The molecule has 0 radical (unpaired) electrons. The highest BCUT2D eigenvalue weighted by Gasteiger charge is 2.30. The van der Waals surface area contributed by atoms with Gasteiger partial charge in [-0.3, -0.25) is 9.48 Å². The summed E-state index contributed by atoms with van der Waals surface area (Å²) < 4.78 is 1.85. The molecule has 0 fully saturated rings. The standard InChI is InChI=1S/C19H23ClN4O/c1-23-18-8-7-16(10-17(18)21-22-23)24(19(25)11-20)12-13-5-6-14-3-2-4-15(14)9-13/h5-6,9,16H,2-4,7-8,10-12H2,1H3. The topological polar surface area (TPSA) is 51.0 Å². The highest BCUT2D eigenvalue weighted by molar-refractivity contribution is 6.27. The molecule has 1 amide bonds. The molecule has 0 saturated heterocycles. The number of aryl methyl sites for hydroxylation is 3. The van der Waals surface area contributed by atoms with Gasteiger partial charge in [0.1, 0.15) is 5.88 Å². The van der Waals surface area contributed by atoms with Crippen molar-refractivity contribution >= 4 is 17.5 Å². The number of carbonyl (C=O) groups is 1. The van der Waals surface area contributed by atoms with Crippen molar-refractivity contribution in [2.24, 2.45) is 7.05 Å². The number of nitrogens with zero attached hydrogens (tertiary/aromatic N) is 4. The first kappa shape index (κ1) is 16.6. The average Bonchev–Trinajstić information content (AvgIpc) is 3.25. The van der Waals surface area contributed by atoms with Gasteiger partial charge in [-0.25, -0.2) is 0 Å². The smallest absolute Gasteiger partial charge is 0.238 e. The fourth-order valence-electron chi connectivity index (χ4n) is 4.20. The molecular weight excluding hydrogens is 336 g/mol. The van der Waals surface area contributed by atoms with Crippen molar-refractivity contribution < 1.29 is 4.79 Å². The van der Waals surface area contributed by atoms with E-state index in [1.54, 1.807) is 0 Å². The Kier molecular flexibility index (Phi) is 4.50. The van der Waals surface area contributed by atoms with Gasteiger partial charge < -0.3 is 4.90 Å². The van der Waals surface area contributed by atoms with Crippen molar-refractivity contribution in [3.05, 3.63) is 46.3 Å². The lowest BCUT2D eigenvalue weighted by Crippen LogP contribution is -2.43. The van der Waals surface area contributed by atoms with Gasteiger partial charge in [0.25, 0.3) is 0 Å². The summed E-state index contributed by atoms with van der Waals surface area (Å²) in [7, 11) is 1.93. The monoisotopic (exact) mass is 358 g/mol. The van der Waals surface area contributed by atoms with Gasteiger partial charge >= 0.3 is 0 Å². The number of hydrogen-bond acceptors (Lipinski definition) is 3. The number of benzene rings is 1. The van der Waals surface area contributed by atoms with E-state index in [4.69, 9.17) is 11.6 Å². The molecule has 1 aromatic heterocycles. The molecule has 0 aliphatic heterocycles. The third kappa shape index (κ3) is 3.17. The maximum atomic E-state index is 12.5. The van der Waals surface area contributed by atoms with Crippen LogP contribution in [-0.2, 0) is 44.1 Å². The van der Waals surface area contributed by atoms with Crippen LogP contribution in [0.5, 0.6) is 0 Å². The molecule has 1 atom stereocenters. The van der Waals surface area contributed by atoms with Gasteiger partial charge in [-0.1, -0.05) is 23.4 Å². The van der Waals surface area contributed by atoms with Crippen molar-refractivity contribution in [1.82, 2.24) is 19.9 Å². The predicted molar refractivity (Wildman–Crippen MR) is 96.6 cm³/mol. The Morgan fingerprint density at radius 3 is 3.00 bits per heavy atom. The number of fused-ring (bicyclic) bond motifs is 2. The Morgan fingerprint density at radius 1 is 1.32 bits per heavy atom. The largest absolute Gasteiger partial charge is 0.334 e. The minimum atomic E-state index is -0.000458. The van der Waals surface area contributed by atoms with Crippen molar-refractivity contribution in [1.29, 1.82) is 0 Å². The lowest BCUT2D eigenvalue weighted by molar-refractivity contribution is -0.131. The zero-order valence-corrected chi connectivity index (χ0v) is 15.3. The fourth-order valence-corrected chi connectivity index (χ4v) is 4.35. The van der Waals surface area contributed by atoms with Crippen molar-refractivity contribution in [2.75, 3.05) is 5.88 Å². The molecule has 0 saturated carbocycles. The average molecular weight is 359 g/mol. The summed E-state index contributed by atoms with van der Waals surface area (Å²) >= 11 is 5.91. The Hall–Kier alpha value is -1.88. The van der Waals surface area contributed by atoms with Gasteiger partial charge in [-0.2, -0.15) is 0 Å². The first-order valence-corrected chi connectivity index (χ1v) is 9.52. The molecule has 6 heteroatoms. The lowest BCUT2D eigenvalue weighted by Gasteiger charge is -2.33. The van der Waals surface area contributed by atoms with E-state index in [9.17, 15) is 4.79 Å². The zero-order valence-electron chi connectivity index (χ0n) is 14.5. The van der Waals surface area contributed by atoms with Crippen LogP contribution in [0.4, 0.5) is 0 Å². The molecule has 2 aromatic rings. The summed E-state index contributed by atoms with van der Waals surface area (Å²) in [6.45, 7) is 0.624. The van der Waals surface area contributed by atoms with Crippen molar-refractivity contribution in [3.8, 4) is 0 Å². The van der Waals surface area contributed by atoms with Gasteiger partial charge in [0, 0.05) is 26.1 Å². The van der Waals surface area contributed by atoms with E-state index in [2.05, 4.69) is 28.5 Å². The lowest BCUT2D eigenvalue weighted by atomic mass is 9.94. The second kappa shape index (κ2) is 6.79. The molecule has 0 bridgehead atoms. The molecule has 1 heterocycles. The van der Waals surface area contributed by atoms with Crippen LogP contribution < -0.4 is 0 Å². The number of amides is 1. The summed E-state index contributed by atoms with van der Waals surface area (Å²) in [5, 5.41) is 8.39. The molecule has 2 aliphatic rings. The van der Waals surface area contributed by atoms with E-state index in [-0.39, 0.29) is 17.8 Å².